The third-order valence-electron chi connectivity index (χ3n) is 3.11. The summed E-state index contributed by atoms with van der Waals surface area (Å²) in [6, 6.07) is 9.25. The minimum absolute atomic E-state index is 0.186. The first-order valence-electron chi connectivity index (χ1n) is 6.43. The number of hydrogen-bond donors (Lipinski definition) is 0. The summed E-state index contributed by atoms with van der Waals surface area (Å²) in [5.74, 6) is 0.737. The summed E-state index contributed by atoms with van der Waals surface area (Å²) in [4.78, 5) is 11.8. The van der Waals surface area contributed by atoms with E-state index in [9.17, 15) is 4.79 Å². The molecule has 3 aromatic rings. The molecular weight excluding hydrogens is 363 g/mol. The van der Waals surface area contributed by atoms with Crippen molar-refractivity contribution in [3.63, 3.8) is 0 Å². The third kappa shape index (κ3) is 2.98. The SMILES string of the molecule is COc1c(Cl)ccc2oc(=O)cc(Oc3c(Cl)cccc3Cl)c12. The minimum atomic E-state index is -0.583. The Morgan fingerprint density at radius 1 is 0.957 bits per heavy atom. The first-order chi connectivity index (χ1) is 11.0. The second-order valence-electron chi connectivity index (χ2n) is 4.54. The number of ether oxygens (including phenoxy) is 2. The van der Waals surface area contributed by atoms with E-state index in [1.54, 1.807) is 30.3 Å². The fraction of sp³-hybridized carbons (Fsp3) is 0.0625. The molecule has 0 radical (unpaired) electrons. The number of hydrogen-bond acceptors (Lipinski definition) is 4. The van der Waals surface area contributed by atoms with Crippen molar-refractivity contribution in [1.82, 2.24) is 0 Å². The predicted octanol–water partition coefficient (Wildman–Crippen LogP) is 5.55. The Bertz CT molecular complexity index is 930. The van der Waals surface area contributed by atoms with Crippen LogP contribution >= 0.6 is 34.8 Å². The van der Waals surface area contributed by atoms with Gasteiger partial charge < -0.3 is 13.9 Å². The number of methoxy groups -OCH3 is 1. The largest absolute Gasteiger partial charge is 0.494 e. The zero-order valence-corrected chi connectivity index (χ0v) is 14.0. The van der Waals surface area contributed by atoms with Crippen LogP contribution in [0.4, 0.5) is 0 Å². The van der Waals surface area contributed by atoms with E-state index < -0.39 is 5.63 Å². The molecule has 118 valence electrons. The van der Waals surface area contributed by atoms with Gasteiger partial charge in [-0.15, -0.1) is 0 Å². The fourth-order valence-electron chi connectivity index (χ4n) is 2.14. The van der Waals surface area contributed by atoms with Crippen LogP contribution in [0, 0.1) is 0 Å². The summed E-state index contributed by atoms with van der Waals surface area (Å²) in [5.41, 5.74) is -0.308. The molecule has 0 saturated carbocycles. The molecule has 3 rings (SSSR count). The average Bonchev–Trinajstić information content (AvgIpc) is 2.51. The van der Waals surface area contributed by atoms with Gasteiger partial charge in [-0.3, -0.25) is 0 Å². The Hall–Kier alpha value is -1.88. The van der Waals surface area contributed by atoms with E-state index in [1.165, 1.54) is 13.2 Å². The van der Waals surface area contributed by atoms with Crippen LogP contribution in [0.1, 0.15) is 0 Å². The number of benzene rings is 2. The summed E-state index contributed by atoms with van der Waals surface area (Å²) < 4.78 is 16.2. The van der Waals surface area contributed by atoms with Gasteiger partial charge in [0, 0.05) is 0 Å². The predicted molar refractivity (Wildman–Crippen MR) is 90.6 cm³/mol. The molecule has 2 aromatic carbocycles. The van der Waals surface area contributed by atoms with Gasteiger partial charge in [0.1, 0.15) is 16.7 Å². The number of fused-ring (bicyclic) bond motifs is 1. The molecule has 0 fully saturated rings. The molecule has 0 saturated heterocycles. The van der Waals surface area contributed by atoms with Gasteiger partial charge in [0.2, 0.25) is 0 Å². The van der Waals surface area contributed by atoms with E-state index in [0.717, 1.165) is 0 Å². The highest BCUT2D eigenvalue weighted by Crippen LogP contribution is 2.42. The van der Waals surface area contributed by atoms with Crippen LogP contribution in [0.25, 0.3) is 11.0 Å². The first kappa shape index (κ1) is 16.0. The van der Waals surface area contributed by atoms with Crippen molar-refractivity contribution in [3.8, 4) is 17.2 Å². The summed E-state index contributed by atoms with van der Waals surface area (Å²) in [5, 5.41) is 1.37. The van der Waals surface area contributed by atoms with Crippen LogP contribution < -0.4 is 15.1 Å². The van der Waals surface area contributed by atoms with Gasteiger partial charge in [0.05, 0.1) is 28.2 Å². The molecule has 0 aliphatic rings. The van der Waals surface area contributed by atoms with Crippen LogP contribution in [0.5, 0.6) is 17.2 Å². The zero-order chi connectivity index (χ0) is 16.6. The molecule has 7 heteroatoms. The molecule has 0 unspecified atom stereocenters. The van der Waals surface area contributed by atoms with Crippen LogP contribution in [0.2, 0.25) is 15.1 Å². The van der Waals surface area contributed by atoms with Crippen molar-refractivity contribution in [2.24, 2.45) is 0 Å². The molecular formula is C16H9Cl3O4. The standard InChI is InChI=1S/C16H9Cl3O4/c1-21-16-10(19)5-6-11-14(16)12(7-13(20)22-11)23-15-8(17)3-2-4-9(15)18/h2-7H,1H3. The molecule has 0 N–H and O–H groups in total. The molecule has 23 heavy (non-hydrogen) atoms. The van der Waals surface area contributed by atoms with Gasteiger partial charge in [-0.25, -0.2) is 4.79 Å². The van der Waals surface area contributed by atoms with Crippen LogP contribution in [-0.4, -0.2) is 7.11 Å². The molecule has 0 aliphatic carbocycles. The summed E-state index contributed by atoms with van der Waals surface area (Å²) in [7, 11) is 1.46. The Kier molecular flexibility index (Phi) is 4.39. The van der Waals surface area contributed by atoms with Crippen molar-refractivity contribution in [1.29, 1.82) is 0 Å². The number of halogens is 3. The second kappa shape index (κ2) is 6.32. The molecule has 1 aromatic heterocycles. The highest BCUT2D eigenvalue weighted by molar-refractivity contribution is 6.37. The van der Waals surface area contributed by atoms with E-state index in [2.05, 4.69) is 0 Å². The van der Waals surface area contributed by atoms with Gasteiger partial charge in [0.25, 0.3) is 0 Å². The number of para-hydroxylation sites is 1. The van der Waals surface area contributed by atoms with Gasteiger partial charge in [-0.2, -0.15) is 0 Å². The maximum atomic E-state index is 11.8. The van der Waals surface area contributed by atoms with Crippen molar-refractivity contribution < 1.29 is 13.9 Å². The lowest BCUT2D eigenvalue weighted by molar-refractivity contribution is 0.414. The smallest absolute Gasteiger partial charge is 0.339 e. The second-order valence-corrected chi connectivity index (χ2v) is 5.76. The first-order valence-corrected chi connectivity index (χ1v) is 7.57. The highest BCUT2D eigenvalue weighted by Gasteiger charge is 2.18. The van der Waals surface area contributed by atoms with E-state index in [1.807, 2.05) is 0 Å². The van der Waals surface area contributed by atoms with Crippen molar-refractivity contribution in [3.05, 3.63) is 61.9 Å². The third-order valence-corrected chi connectivity index (χ3v) is 4.01. The maximum absolute atomic E-state index is 11.8. The molecule has 0 spiro atoms. The van der Waals surface area contributed by atoms with E-state index in [0.29, 0.717) is 26.2 Å². The number of rotatable bonds is 3. The molecule has 0 bridgehead atoms. The lowest BCUT2D eigenvalue weighted by Crippen LogP contribution is -2.00. The Balaban J connectivity index is 2.28. The van der Waals surface area contributed by atoms with Gasteiger partial charge in [0.15, 0.2) is 11.5 Å². The van der Waals surface area contributed by atoms with Crippen LogP contribution in [0.3, 0.4) is 0 Å². The minimum Gasteiger partial charge on any atom is -0.494 e. The van der Waals surface area contributed by atoms with E-state index >= 15 is 0 Å². The molecule has 4 nitrogen and oxygen atoms in total. The average molecular weight is 372 g/mol. The topological polar surface area (TPSA) is 48.7 Å². The quantitative estimate of drug-likeness (QED) is 0.566. The fourth-order valence-corrected chi connectivity index (χ4v) is 2.85. The lowest BCUT2D eigenvalue weighted by atomic mass is 10.2. The normalized spacial score (nSPS) is 10.8. The van der Waals surface area contributed by atoms with E-state index in [-0.39, 0.29) is 17.1 Å². The zero-order valence-electron chi connectivity index (χ0n) is 11.7. The molecule has 0 aliphatic heterocycles. The maximum Gasteiger partial charge on any atom is 0.339 e. The Labute approximate surface area is 146 Å². The van der Waals surface area contributed by atoms with Crippen molar-refractivity contribution in [2.45, 2.75) is 0 Å². The van der Waals surface area contributed by atoms with Gasteiger partial charge >= 0.3 is 5.63 Å². The van der Waals surface area contributed by atoms with Crippen molar-refractivity contribution in [2.75, 3.05) is 7.11 Å². The molecule has 0 amide bonds. The Morgan fingerprint density at radius 2 is 1.61 bits per heavy atom. The Morgan fingerprint density at radius 3 is 2.26 bits per heavy atom. The van der Waals surface area contributed by atoms with Crippen molar-refractivity contribution >= 4 is 45.8 Å². The highest BCUT2D eigenvalue weighted by atomic mass is 35.5. The molecule has 1 heterocycles. The monoisotopic (exact) mass is 370 g/mol. The van der Waals surface area contributed by atoms with Gasteiger partial charge in [-0.1, -0.05) is 40.9 Å². The molecule has 0 atom stereocenters. The lowest BCUT2D eigenvalue weighted by Gasteiger charge is -2.13. The summed E-state index contributed by atoms with van der Waals surface area (Å²) >= 11 is 18.3. The summed E-state index contributed by atoms with van der Waals surface area (Å²) in [6.45, 7) is 0. The van der Waals surface area contributed by atoms with Crippen LogP contribution in [0.15, 0.2) is 45.6 Å². The van der Waals surface area contributed by atoms with Crippen LogP contribution in [-0.2, 0) is 0 Å². The van der Waals surface area contributed by atoms with Gasteiger partial charge in [-0.05, 0) is 24.3 Å². The van der Waals surface area contributed by atoms with E-state index in [4.69, 9.17) is 48.7 Å². The summed E-state index contributed by atoms with van der Waals surface area (Å²) in [6.07, 6.45) is 0.